The number of carboxylic acids is 2. The largest absolute Gasteiger partial charge is 0.481 e. The third-order valence-corrected chi connectivity index (χ3v) is 17.8. The number of para-hydroxylation sites is 2. The van der Waals surface area contributed by atoms with E-state index in [0.717, 1.165) is 84.4 Å². The molecule has 6 N–H and O–H groups in total. The monoisotopic (exact) mass is 1520 g/mol. The van der Waals surface area contributed by atoms with E-state index >= 15 is 0 Å². The molecule has 11 aromatic rings. The van der Waals surface area contributed by atoms with Crippen molar-refractivity contribution in [3.8, 4) is 33.0 Å². The number of aliphatic imine (C=N–C) groups is 2. The maximum atomic E-state index is 14.3. The number of allylic oxidation sites excluding steroid dienone is 2. The number of carboxylic acid groups (broad SMARTS) is 2. The Bertz CT molecular complexity index is 5260. The number of anilines is 2. The van der Waals surface area contributed by atoms with Gasteiger partial charge in [0.2, 0.25) is 5.91 Å². The number of aromatic nitrogens is 5. The number of esters is 1. The number of hydrogen-bond acceptors (Lipinski definition) is 15. The molecule has 6 aromatic carbocycles. The Balaban J connectivity index is 0.000000280. The van der Waals surface area contributed by atoms with Crippen LogP contribution in [-0.2, 0) is 65.0 Å². The molecule has 0 atom stereocenters. The summed E-state index contributed by atoms with van der Waals surface area (Å²) in [5.74, 6) is -2.17. The molecular formula is C79H69CoN11O10S2Zn-2. The Morgan fingerprint density at radius 2 is 0.981 bits per heavy atom. The van der Waals surface area contributed by atoms with E-state index in [9.17, 15) is 24.0 Å². The molecule has 2 aliphatic heterocycles. The van der Waals surface area contributed by atoms with Crippen molar-refractivity contribution in [2.45, 2.75) is 69.2 Å². The summed E-state index contributed by atoms with van der Waals surface area (Å²) in [5, 5.41) is 28.0. The van der Waals surface area contributed by atoms with E-state index in [1.54, 1.807) is 47.9 Å². The molecule has 2 aliphatic rings. The molecule has 0 unspecified atom stereocenters. The zero-order chi connectivity index (χ0) is 73.1. The first-order chi connectivity index (χ1) is 48.9. The topological polar surface area (TPSA) is 309 Å². The van der Waals surface area contributed by atoms with Gasteiger partial charge in [-0.25, -0.2) is 24.7 Å². The smallest absolute Gasteiger partial charge is 0.341 e. The molecule has 7 heterocycles. The third-order valence-electron chi connectivity index (χ3n) is 15.7. The summed E-state index contributed by atoms with van der Waals surface area (Å²) in [7, 11) is 1.26. The number of nitrogens with one attached hydrogen (secondary N) is 4. The Kier molecular flexibility index (Phi) is 26.3. The predicted molar refractivity (Wildman–Crippen MR) is 402 cm³/mol. The van der Waals surface area contributed by atoms with Crippen LogP contribution in [0.15, 0.2) is 203 Å². The van der Waals surface area contributed by atoms with E-state index in [2.05, 4.69) is 36.2 Å². The number of pyridine rings is 1. The molecule has 25 heteroatoms. The Morgan fingerprint density at radius 3 is 1.51 bits per heavy atom. The molecule has 13 rings (SSSR count). The number of methoxy groups -OCH3 is 1. The standard InChI is InChI=1S/C53H40N6O2S2.C22H23N5O4.2C2H4O2.Co.Zn/c1-30-23-25-36(32(3)27-30)50(60)58-48-46(52-56-38-19-11-13-21-42(38)62-52)44(34-15-7-5-8-16-34)40(54-48)29-41-45(35-17-9-6-10-18-35)47(53-57-39-20-12-14-22-43(39)63-53)49(55-41)59-51(61)37-26-24-31(2)28-33(37)4;1-11-16(26-20(24-13(3)28)18(11)15-8-6-7-9-23-15)10-17-12(2)19(22(30)31-5)21(27-17)25-14(4)29;2*1-2(3)4;;/h5-29H,1-4H3,(H3,54,55,56,57,58,59,60,61);6-10H,1-5H3,(H3,23,24,25,26,27,28,29,30);2*1H3,(H,3,4);;/p-2. The summed E-state index contributed by atoms with van der Waals surface area (Å²) in [6.07, 6.45) is 5.31. The SMILES string of the molecule is CC(=O)O.CC(=O)O.COC(=O)C1=C(C)C(=Cc2[n-]c(NC(C)=O)c(-c3ccccn3)c2C)N=C1NC(C)=O.Cc1ccc(C(=O)NC2=NC(=Cc3[n-]c(NC(=O)c4ccc(C)cc4C)c(-c4nc5ccccc5s4)c3-c3ccccc3)C(c3ccccc3)=C2c2nc3ccccc3s2)c(C)c1.[Co].[Zn]. The number of fused-ring (bicyclic) bond motifs is 2. The van der Waals surface area contributed by atoms with Gasteiger partial charge < -0.3 is 46.2 Å². The van der Waals surface area contributed by atoms with Gasteiger partial charge in [-0.3, -0.25) is 33.8 Å². The molecule has 0 aliphatic carbocycles. The van der Waals surface area contributed by atoms with Crippen LogP contribution in [0.25, 0.3) is 76.7 Å². The van der Waals surface area contributed by atoms with Crippen LogP contribution in [0.1, 0.15) is 105 Å². The zero-order valence-corrected chi connectivity index (χ0v) is 64.1. The molecule has 0 bridgehead atoms. The summed E-state index contributed by atoms with van der Waals surface area (Å²) >= 11 is 3.09. The van der Waals surface area contributed by atoms with Crippen LogP contribution in [0.3, 0.4) is 0 Å². The van der Waals surface area contributed by atoms with Crippen molar-refractivity contribution in [3.05, 3.63) is 253 Å². The van der Waals surface area contributed by atoms with Gasteiger partial charge in [0.1, 0.15) is 33.2 Å². The molecule has 104 heavy (non-hydrogen) atoms. The molecule has 5 aromatic heterocycles. The minimum absolute atomic E-state index is 0. The maximum Gasteiger partial charge on any atom is 0.341 e. The van der Waals surface area contributed by atoms with Crippen molar-refractivity contribution < 1.29 is 84.8 Å². The first kappa shape index (κ1) is 78.3. The van der Waals surface area contributed by atoms with Crippen molar-refractivity contribution in [2.75, 3.05) is 17.7 Å². The average Bonchev–Trinajstić information content (AvgIpc) is 1.58. The molecule has 0 spiro atoms. The fourth-order valence-electron chi connectivity index (χ4n) is 11.4. The van der Waals surface area contributed by atoms with Crippen molar-refractivity contribution in [1.82, 2.24) is 35.6 Å². The van der Waals surface area contributed by atoms with Crippen LogP contribution in [0.2, 0.25) is 0 Å². The number of nitrogens with zero attached hydrogens (tertiary/aromatic N) is 7. The van der Waals surface area contributed by atoms with E-state index in [1.807, 2.05) is 198 Å². The second-order valence-electron chi connectivity index (χ2n) is 23.5. The van der Waals surface area contributed by atoms with Gasteiger partial charge in [-0.2, -0.15) is 0 Å². The quantitative estimate of drug-likeness (QED) is 0.0489. The number of carbonyl (C=O) groups excluding carboxylic acids is 5. The number of aryl methyl sites for hydroxylation is 4. The number of thiazole rings is 2. The van der Waals surface area contributed by atoms with E-state index < -0.39 is 17.9 Å². The number of hydrogen-bond donors (Lipinski definition) is 6. The number of ether oxygens (including phenoxy) is 1. The van der Waals surface area contributed by atoms with Crippen molar-refractivity contribution in [2.24, 2.45) is 9.98 Å². The van der Waals surface area contributed by atoms with Crippen LogP contribution in [0.5, 0.6) is 0 Å². The second kappa shape index (κ2) is 34.9. The van der Waals surface area contributed by atoms with Gasteiger partial charge in [-0.15, -0.1) is 22.7 Å². The first-order valence-corrected chi connectivity index (χ1v) is 33.5. The van der Waals surface area contributed by atoms with Gasteiger partial charge in [-0.1, -0.05) is 132 Å². The Morgan fingerprint density at radius 1 is 0.500 bits per heavy atom. The molecular weight excluding hydrogens is 1450 g/mol. The third kappa shape index (κ3) is 18.4. The normalized spacial score (nSPS) is 12.8. The fourth-order valence-corrected chi connectivity index (χ4v) is 13.4. The number of carbonyl (C=O) groups is 7. The van der Waals surface area contributed by atoms with E-state index in [0.29, 0.717) is 89.4 Å². The van der Waals surface area contributed by atoms with Gasteiger partial charge in [0.25, 0.3) is 17.8 Å². The fraction of sp³-hybridized carbons (Fsp3) is 0.139. The van der Waals surface area contributed by atoms with Crippen LogP contribution < -0.4 is 31.2 Å². The molecule has 525 valence electrons. The number of rotatable bonds is 12. The van der Waals surface area contributed by atoms with Gasteiger partial charge in [-0.05, 0) is 165 Å². The number of benzene rings is 6. The predicted octanol–water partition coefficient (Wildman–Crippen LogP) is 15.0. The van der Waals surface area contributed by atoms with E-state index in [1.165, 1.54) is 21.0 Å². The molecule has 1 radical (unpaired) electrons. The Labute approximate surface area is 630 Å². The molecule has 0 saturated carbocycles. The maximum absolute atomic E-state index is 14.3. The first-order valence-electron chi connectivity index (χ1n) is 31.9. The van der Waals surface area contributed by atoms with Crippen LogP contribution >= 0.6 is 22.7 Å². The van der Waals surface area contributed by atoms with Crippen LogP contribution in [0.4, 0.5) is 11.6 Å². The minimum Gasteiger partial charge on any atom is -0.481 e. The minimum atomic E-state index is -0.833. The summed E-state index contributed by atoms with van der Waals surface area (Å²) in [6.45, 7) is 16.4. The summed E-state index contributed by atoms with van der Waals surface area (Å²) in [5.41, 5.74) is 16.4. The van der Waals surface area contributed by atoms with Crippen molar-refractivity contribution in [1.29, 1.82) is 0 Å². The van der Waals surface area contributed by atoms with Crippen LogP contribution in [0, 0.1) is 34.6 Å². The number of amides is 4. The zero-order valence-electron chi connectivity index (χ0n) is 58.5. The summed E-state index contributed by atoms with van der Waals surface area (Å²) < 4.78 is 6.86. The Hall–Kier alpha value is -11.5. The molecule has 21 nitrogen and oxygen atoms in total. The van der Waals surface area contributed by atoms with Gasteiger partial charge in [0.05, 0.1) is 50.2 Å². The van der Waals surface area contributed by atoms with E-state index in [-0.39, 0.29) is 71.3 Å². The second-order valence-corrected chi connectivity index (χ2v) is 25.6. The molecule has 4 amide bonds. The summed E-state index contributed by atoms with van der Waals surface area (Å²) in [4.78, 5) is 116. The van der Waals surface area contributed by atoms with Gasteiger partial charge in [0.15, 0.2) is 5.91 Å². The molecule has 0 fully saturated rings. The van der Waals surface area contributed by atoms with Gasteiger partial charge >= 0.3 is 5.97 Å². The number of aliphatic carboxylic acids is 2. The van der Waals surface area contributed by atoms with Crippen LogP contribution in [-0.4, -0.2) is 85.5 Å². The van der Waals surface area contributed by atoms with Gasteiger partial charge in [0, 0.05) is 91.1 Å². The number of amidine groups is 2. The molecule has 0 saturated heterocycles. The average molecular weight is 1520 g/mol. The van der Waals surface area contributed by atoms with E-state index in [4.69, 9.17) is 44.5 Å². The van der Waals surface area contributed by atoms with Crippen molar-refractivity contribution in [3.63, 3.8) is 0 Å². The summed E-state index contributed by atoms with van der Waals surface area (Å²) in [6, 6.07) is 53.2. The van der Waals surface area contributed by atoms with Crippen molar-refractivity contribution >= 4 is 131 Å².